The number of hydrogen-bond donors (Lipinski definition) is 1. The van der Waals surface area contributed by atoms with E-state index in [0.717, 1.165) is 19.4 Å². The Balaban J connectivity index is 1.96. The van der Waals surface area contributed by atoms with E-state index in [1.807, 2.05) is 4.90 Å². The predicted molar refractivity (Wildman–Crippen MR) is 48.5 cm³/mol. The van der Waals surface area contributed by atoms with Gasteiger partial charge in [-0.25, -0.2) is 4.79 Å². The number of nitrogens with one attached hydrogen (secondary N) is 1. The van der Waals surface area contributed by atoms with Crippen LogP contribution in [-0.4, -0.2) is 43.3 Å². The van der Waals surface area contributed by atoms with E-state index in [4.69, 9.17) is 4.74 Å². The van der Waals surface area contributed by atoms with Crippen molar-refractivity contribution in [2.75, 3.05) is 20.3 Å². The van der Waals surface area contributed by atoms with Crippen LogP contribution in [0.25, 0.3) is 0 Å². The van der Waals surface area contributed by atoms with Gasteiger partial charge in [0.25, 0.3) is 0 Å². The zero-order valence-corrected chi connectivity index (χ0v) is 7.95. The van der Waals surface area contributed by atoms with Gasteiger partial charge in [-0.15, -0.1) is 0 Å². The average Bonchev–Trinajstić information content (AvgIpc) is 2.62. The van der Waals surface area contributed by atoms with Crippen LogP contribution < -0.4 is 5.32 Å². The number of hydrogen-bond acceptors (Lipinski definition) is 2. The predicted octanol–water partition coefficient (Wildman–Crippen LogP) is 0.579. The van der Waals surface area contributed by atoms with Gasteiger partial charge < -0.3 is 15.0 Å². The molecule has 2 rings (SSSR count). The fraction of sp³-hybridized carbons (Fsp3) is 0.889. The lowest BCUT2D eigenvalue weighted by Gasteiger charge is -2.21. The lowest BCUT2D eigenvalue weighted by Crippen LogP contribution is -2.36. The molecule has 1 aliphatic heterocycles. The second kappa shape index (κ2) is 3.54. The minimum Gasteiger partial charge on any atom is -0.383 e. The first-order chi connectivity index (χ1) is 6.33. The van der Waals surface area contributed by atoms with Crippen molar-refractivity contribution in [2.45, 2.75) is 31.3 Å². The number of fused-ring (bicyclic) bond motifs is 1. The molecule has 2 amide bonds. The van der Waals surface area contributed by atoms with Gasteiger partial charge in [-0.2, -0.15) is 0 Å². The summed E-state index contributed by atoms with van der Waals surface area (Å²) < 4.78 is 4.98. The van der Waals surface area contributed by atoms with Gasteiger partial charge in [-0.05, 0) is 19.3 Å². The molecule has 1 heterocycles. The van der Waals surface area contributed by atoms with E-state index >= 15 is 0 Å². The van der Waals surface area contributed by atoms with Crippen LogP contribution in [-0.2, 0) is 4.74 Å². The van der Waals surface area contributed by atoms with Crippen LogP contribution in [0.5, 0.6) is 0 Å². The molecule has 0 spiro atoms. The molecule has 74 valence electrons. The van der Waals surface area contributed by atoms with Crippen LogP contribution in [0.1, 0.15) is 19.3 Å². The van der Waals surface area contributed by atoms with Crippen LogP contribution in [0.4, 0.5) is 4.79 Å². The number of urea groups is 1. The zero-order valence-electron chi connectivity index (χ0n) is 7.95. The summed E-state index contributed by atoms with van der Waals surface area (Å²) >= 11 is 0. The maximum absolute atomic E-state index is 11.5. The Hall–Kier alpha value is -0.770. The normalized spacial score (nSPS) is 32.1. The van der Waals surface area contributed by atoms with Gasteiger partial charge in [-0.3, -0.25) is 0 Å². The Morgan fingerprint density at radius 3 is 3.23 bits per heavy atom. The summed E-state index contributed by atoms with van der Waals surface area (Å²) in [6.45, 7) is 1.36. The molecule has 4 heteroatoms. The van der Waals surface area contributed by atoms with Crippen molar-refractivity contribution in [1.82, 2.24) is 10.2 Å². The molecule has 0 aromatic rings. The Bertz CT molecular complexity index is 208. The fourth-order valence-electron chi connectivity index (χ4n) is 2.33. The maximum atomic E-state index is 11.5. The Morgan fingerprint density at radius 2 is 2.46 bits per heavy atom. The molecule has 0 aromatic heterocycles. The van der Waals surface area contributed by atoms with Gasteiger partial charge in [0, 0.05) is 13.7 Å². The van der Waals surface area contributed by atoms with E-state index in [0.29, 0.717) is 18.7 Å². The Morgan fingerprint density at radius 1 is 1.62 bits per heavy atom. The fourth-order valence-corrected chi connectivity index (χ4v) is 2.33. The highest BCUT2D eigenvalue weighted by Crippen LogP contribution is 2.28. The van der Waals surface area contributed by atoms with E-state index in [-0.39, 0.29) is 6.03 Å². The molecule has 2 aliphatic rings. The second-order valence-electron chi connectivity index (χ2n) is 3.74. The van der Waals surface area contributed by atoms with Crippen molar-refractivity contribution in [3.8, 4) is 0 Å². The standard InChI is InChI=1S/C9H16N2O2/c1-13-6-5-11-8-4-2-3-7(8)10-9(11)12/h7-8H,2-6H2,1H3,(H,10,12)/t7-,8?/m1/s1. The minimum absolute atomic E-state index is 0.0896. The van der Waals surface area contributed by atoms with E-state index in [9.17, 15) is 4.79 Å². The van der Waals surface area contributed by atoms with Crippen molar-refractivity contribution >= 4 is 6.03 Å². The Labute approximate surface area is 78.2 Å². The van der Waals surface area contributed by atoms with Gasteiger partial charge >= 0.3 is 6.03 Å². The summed E-state index contributed by atoms with van der Waals surface area (Å²) in [5, 5.41) is 3.01. The van der Waals surface area contributed by atoms with Crippen LogP contribution in [0.15, 0.2) is 0 Å². The van der Waals surface area contributed by atoms with Gasteiger partial charge in [0.05, 0.1) is 18.7 Å². The summed E-state index contributed by atoms with van der Waals surface area (Å²) in [5.41, 5.74) is 0. The SMILES string of the molecule is COCCN1C(=O)N[C@@H]2CCCC21. The summed E-state index contributed by atoms with van der Waals surface area (Å²) in [6, 6.07) is 0.929. The second-order valence-corrected chi connectivity index (χ2v) is 3.74. The summed E-state index contributed by atoms with van der Waals surface area (Å²) in [6.07, 6.45) is 3.52. The molecule has 1 saturated heterocycles. The summed E-state index contributed by atoms with van der Waals surface area (Å²) in [5.74, 6) is 0. The molecule has 13 heavy (non-hydrogen) atoms. The van der Waals surface area contributed by atoms with Crippen molar-refractivity contribution < 1.29 is 9.53 Å². The molecule has 0 bridgehead atoms. The van der Waals surface area contributed by atoms with E-state index in [1.54, 1.807) is 7.11 Å². The first-order valence-electron chi connectivity index (χ1n) is 4.89. The summed E-state index contributed by atoms with van der Waals surface area (Å²) in [7, 11) is 1.67. The highest BCUT2D eigenvalue weighted by molar-refractivity contribution is 5.77. The first kappa shape index (κ1) is 8.81. The molecular weight excluding hydrogens is 168 g/mol. The number of ether oxygens (including phenoxy) is 1. The highest BCUT2D eigenvalue weighted by atomic mass is 16.5. The highest BCUT2D eigenvalue weighted by Gasteiger charge is 2.41. The van der Waals surface area contributed by atoms with Gasteiger partial charge in [0.15, 0.2) is 0 Å². The lowest BCUT2D eigenvalue weighted by molar-refractivity contribution is 0.146. The largest absolute Gasteiger partial charge is 0.383 e. The molecule has 1 unspecified atom stereocenters. The lowest BCUT2D eigenvalue weighted by atomic mass is 10.2. The summed E-state index contributed by atoms with van der Waals surface area (Å²) in [4.78, 5) is 13.4. The van der Waals surface area contributed by atoms with Crippen LogP contribution in [0.2, 0.25) is 0 Å². The number of amides is 2. The van der Waals surface area contributed by atoms with E-state index in [2.05, 4.69) is 5.32 Å². The van der Waals surface area contributed by atoms with Gasteiger partial charge in [-0.1, -0.05) is 0 Å². The monoisotopic (exact) mass is 184 g/mol. The maximum Gasteiger partial charge on any atom is 0.318 e. The first-order valence-corrected chi connectivity index (χ1v) is 4.89. The van der Waals surface area contributed by atoms with Gasteiger partial charge in [0.2, 0.25) is 0 Å². The van der Waals surface area contributed by atoms with Crippen molar-refractivity contribution in [1.29, 1.82) is 0 Å². The van der Waals surface area contributed by atoms with Crippen molar-refractivity contribution in [3.63, 3.8) is 0 Å². The van der Waals surface area contributed by atoms with Crippen LogP contribution in [0.3, 0.4) is 0 Å². The van der Waals surface area contributed by atoms with E-state index in [1.165, 1.54) is 6.42 Å². The number of rotatable bonds is 3. The van der Waals surface area contributed by atoms with E-state index < -0.39 is 0 Å². The van der Waals surface area contributed by atoms with Crippen molar-refractivity contribution in [2.24, 2.45) is 0 Å². The average molecular weight is 184 g/mol. The number of carbonyl (C=O) groups is 1. The quantitative estimate of drug-likeness (QED) is 0.697. The molecule has 2 fully saturated rings. The third-order valence-corrected chi connectivity index (χ3v) is 2.99. The Kier molecular flexibility index (Phi) is 2.40. The number of methoxy groups -OCH3 is 1. The molecule has 0 radical (unpaired) electrons. The molecule has 4 nitrogen and oxygen atoms in total. The number of carbonyl (C=O) groups excluding carboxylic acids is 1. The molecule has 0 aromatic carbocycles. The molecule has 1 saturated carbocycles. The topological polar surface area (TPSA) is 41.6 Å². The third kappa shape index (κ3) is 1.50. The number of nitrogens with zero attached hydrogens (tertiary/aromatic N) is 1. The smallest absolute Gasteiger partial charge is 0.318 e. The molecule has 1 N–H and O–H groups in total. The van der Waals surface area contributed by atoms with Crippen molar-refractivity contribution in [3.05, 3.63) is 0 Å². The molecular formula is C9H16N2O2. The van der Waals surface area contributed by atoms with Crippen LogP contribution >= 0.6 is 0 Å². The third-order valence-electron chi connectivity index (χ3n) is 2.99. The minimum atomic E-state index is 0.0896. The molecule has 1 aliphatic carbocycles. The molecule has 2 atom stereocenters. The van der Waals surface area contributed by atoms with Gasteiger partial charge in [0.1, 0.15) is 0 Å². The van der Waals surface area contributed by atoms with Crippen LogP contribution in [0, 0.1) is 0 Å². The zero-order chi connectivity index (χ0) is 9.26.